The van der Waals surface area contributed by atoms with Gasteiger partial charge in [-0.15, -0.1) is 0 Å². The summed E-state index contributed by atoms with van der Waals surface area (Å²) in [7, 11) is 0. The first kappa shape index (κ1) is 24.3. The first-order chi connectivity index (χ1) is 21.1. The summed E-state index contributed by atoms with van der Waals surface area (Å²) in [5, 5.41) is 0. The standard InChI is InChI=1S/C43H36/c1-2-28-15-17-31(18-16-28)41-23-29-21-30(24-41)26-42(25-29,27-41)32-19-20-40-36(22-32)35-11-5-8-14-39(35)43(40)37-12-6-3-9-33(37)34-10-4-7-13-38(34)43/h2-20,22,29-30H,1,21,23-27H2. The summed E-state index contributed by atoms with van der Waals surface area (Å²) >= 11 is 0. The Balaban J connectivity index is 1.17. The minimum atomic E-state index is -0.243. The molecule has 6 aliphatic carbocycles. The van der Waals surface area contributed by atoms with Crippen molar-refractivity contribution in [3.63, 3.8) is 0 Å². The smallest absolute Gasteiger partial charge is 0.0725 e. The van der Waals surface area contributed by atoms with Crippen molar-refractivity contribution in [2.75, 3.05) is 0 Å². The summed E-state index contributed by atoms with van der Waals surface area (Å²) < 4.78 is 0. The molecule has 0 N–H and O–H groups in total. The Morgan fingerprint density at radius 3 is 1.53 bits per heavy atom. The van der Waals surface area contributed by atoms with Crippen molar-refractivity contribution in [2.24, 2.45) is 11.8 Å². The predicted molar refractivity (Wildman–Crippen MR) is 177 cm³/mol. The van der Waals surface area contributed by atoms with Gasteiger partial charge >= 0.3 is 0 Å². The Bertz CT molecular complexity index is 1910. The molecule has 0 heteroatoms. The van der Waals surface area contributed by atoms with Gasteiger partial charge in [0.15, 0.2) is 0 Å². The van der Waals surface area contributed by atoms with E-state index in [2.05, 4.69) is 122 Å². The summed E-state index contributed by atoms with van der Waals surface area (Å²) in [5.41, 5.74) is 16.2. The molecule has 0 aliphatic heterocycles. The van der Waals surface area contributed by atoms with Gasteiger partial charge in [-0.25, -0.2) is 0 Å². The fourth-order valence-corrected chi connectivity index (χ4v) is 11.3. The molecule has 5 aromatic carbocycles. The van der Waals surface area contributed by atoms with Gasteiger partial charge in [0.2, 0.25) is 0 Å². The molecule has 0 nitrogen and oxygen atoms in total. The van der Waals surface area contributed by atoms with E-state index in [1.54, 1.807) is 11.1 Å². The van der Waals surface area contributed by atoms with E-state index in [1.807, 2.05) is 6.08 Å². The Labute approximate surface area is 255 Å². The van der Waals surface area contributed by atoms with Gasteiger partial charge < -0.3 is 0 Å². The molecule has 2 atom stereocenters. The Hall–Kier alpha value is -4.16. The number of hydrogen-bond donors (Lipinski definition) is 0. The molecule has 5 aromatic rings. The summed E-state index contributed by atoms with van der Waals surface area (Å²) in [6.07, 6.45) is 10.1. The molecule has 0 aromatic heterocycles. The van der Waals surface area contributed by atoms with Gasteiger partial charge in [-0.2, -0.15) is 0 Å². The molecule has 1 spiro atoms. The lowest BCUT2D eigenvalue weighted by Crippen LogP contribution is -2.55. The summed E-state index contributed by atoms with van der Waals surface area (Å²) in [4.78, 5) is 0. The highest BCUT2D eigenvalue weighted by Crippen LogP contribution is 2.68. The van der Waals surface area contributed by atoms with Gasteiger partial charge in [-0.1, -0.05) is 128 Å². The molecule has 6 aliphatic rings. The Morgan fingerprint density at radius 2 is 0.977 bits per heavy atom. The van der Waals surface area contributed by atoms with Gasteiger partial charge in [0.05, 0.1) is 5.41 Å². The van der Waals surface area contributed by atoms with E-state index in [0.717, 1.165) is 11.8 Å². The fourth-order valence-electron chi connectivity index (χ4n) is 11.3. The SMILES string of the molecule is C=Cc1ccc(C23CC4CC(C2)CC(c2ccc5c(c2)-c2ccccc2C52c5ccccc5-c5ccccc52)(C4)C3)cc1. The zero-order chi connectivity index (χ0) is 28.4. The van der Waals surface area contributed by atoms with Crippen LogP contribution in [0.4, 0.5) is 0 Å². The van der Waals surface area contributed by atoms with E-state index in [0.29, 0.717) is 5.41 Å². The van der Waals surface area contributed by atoms with Crippen molar-refractivity contribution in [2.45, 2.75) is 54.8 Å². The lowest BCUT2D eigenvalue weighted by Gasteiger charge is -2.63. The zero-order valence-corrected chi connectivity index (χ0v) is 24.7. The molecular weight excluding hydrogens is 516 g/mol. The normalized spacial score (nSPS) is 27.9. The molecule has 4 fully saturated rings. The number of rotatable bonds is 3. The Kier molecular flexibility index (Phi) is 4.67. The van der Waals surface area contributed by atoms with Crippen LogP contribution >= 0.6 is 0 Å². The van der Waals surface area contributed by atoms with Gasteiger partial charge in [-0.05, 0) is 122 Å². The molecule has 208 valence electrons. The first-order valence-corrected chi connectivity index (χ1v) is 16.3. The quantitative estimate of drug-likeness (QED) is 0.205. The van der Waals surface area contributed by atoms with Crippen LogP contribution in [0.5, 0.6) is 0 Å². The number of benzene rings is 5. The lowest BCUT2D eigenvalue weighted by molar-refractivity contribution is -0.0281. The van der Waals surface area contributed by atoms with Crippen LogP contribution in [0.25, 0.3) is 28.3 Å². The molecule has 0 saturated heterocycles. The van der Waals surface area contributed by atoms with Crippen LogP contribution in [-0.2, 0) is 16.2 Å². The van der Waals surface area contributed by atoms with Crippen LogP contribution < -0.4 is 0 Å². The fraction of sp³-hybridized carbons (Fsp3) is 0.256. The minimum absolute atomic E-state index is 0.243. The van der Waals surface area contributed by atoms with Crippen molar-refractivity contribution in [3.05, 3.63) is 161 Å². The van der Waals surface area contributed by atoms with Crippen LogP contribution in [-0.4, -0.2) is 0 Å². The minimum Gasteiger partial charge on any atom is -0.0985 e. The Morgan fingerprint density at radius 1 is 0.512 bits per heavy atom. The third-order valence-electron chi connectivity index (χ3n) is 12.4. The first-order valence-electron chi connectivity index (χ1n) is 16.3. The van der Waals surface area contributed by atoms with Crippen molar-refractivity contribution in [3.8, 4) is 22.3 Å². The molecule has 11 rings (SSSR count). The predicted octanol–water partition coefficient (Wildman–Crippen LogP) is 10.5. The number of fused-ring (bicyclic) bond motifs is 10. The highest BCUT2D eigenvalue weighted by molar-refractivity contribution is 5.95. The maximum Gasteiger partial charge on any atom is 0.0725 e. The third kappa shape index (κ3) is 2.97. The average Bonchev–Trinajstić information content (AvgIpc) is 3.51. The largest absolute Gasteiger partial charge is 0.0985 e. The second kappa shape index (κ2) is 8.26. The summed E-state index contributed by atoms with van der Waals surface area (Å²) in [6.45, 7) is 4.00. The topological polar surface area (TPSA) is 0 Å². The van der Waals surface area contributed by atoms with E-state index in [4.69, 9.17) is 0 Å². The van der Waals surface area contributed by atoms with E-state index in [1.165, 1.54) is 88.6 Å². The maximum absolute atomic E-state index is 4.00. The van der Waals surface area contributed by atoms with Gasteiger partial charge in [-0.3, -0.25) is 0 Å². The highest BCUT2D eigenvalue weighted by atomic mass is 14.6. The lowest BCUT2D eigenvalue weighted by atomic mass is 9.41. The van der Waals surface area contributed by atoms with Gasteiger partial charge in [0, 0.05) is 0 Å². The van der Waals surface area contributed by atoms with Crippen LogP contribution in [0.15, 0.2) is 122 Å². The summed E-state index contributed by atoms with van der Waals surface area (Å²) in [6, 6.07) is 44.8. The van der Waals surface area contributed by atoms with Crippen LogP contribution in [0.1, 0.15) is 77.5 Å². The zero-order valence-electron chi connectivity index (χ0n) is 24.7. The van der Waals surface area contributed by atoms with Crippen molar-refractivity contribution in [1.82, 2.24) is 0 Å². The monoisotopic (exact) mass is 552 g/mol. The molecule has 2 unspecified atom stereocenters. The summed E-state index contributed by atoms with van der Waals surface area (Å²) in [5.74, 6) is 1.67. The molecule has 0 radical (unpaired) electrons. The molecular formula is C43H36. The second-order valence-electron chi connectivity index (χ2n) is 14.5. The van der Waals surface area contributed by atoms with Gasteiger partial charge in [0.25, 0.3) is 0 Å². The van der Waals surface area contributed by atoms with E-state index >= 15 is 0 Å². The van der Waals surface area contributed by atoms with Gasteiger partial charge in [0.1, 0.15) is 0 Å². The number of hydrogen-bond acceptors (Lipinski definition) is 0. The molecule has 43 heavy (non-hydrogen) atoms. The molecule has 0 heterocycles. The van der Waals surface area contributed by atoms with Crippen molar-refractivity contribution < 1.29 is 0 Å². The average molecular weight is 553 g/mol. The maximum atomic E-state index is 4.00. The van der Waals surface area contributed by atoms with E-state index < -0.39 is 0 Å². The van der Waals surface area contributed by atoms with Crippen molar-refractivity contribution in [1.29, 1.82) is 0 Å². The third-order valence-corrected chi connectivity index (χ3v) is 12.4. The molecule has 0 amide bonds. The molecule has 4 saturated carbocycles. The second-order valence-corrected chi connectivity index (χ2v) is 14.5. The van der Waals surface area contributed by atoms with Crippen LogP contribution in [0.3, 0.4) is 0 Å². The van der Waals surface area contributed by atoms with Crippen LogP contribution in [0.2, 0.25) is 0 Å². The van der Waals surface area contributed by atoms with Crippen LogP contribution in [0, 0.1) is 11.8 Å². The van der Waals surface area contributed by atoms with E-state index in [9.17, 15) is 0 Å². The highest BCUT2D eigenvalue weighted by Gasteiger charge is 2.59. The van der Waals surface area contributed by atoms with E-state index in [-0.39, 0.29) is 10.8 Å². The molecule has 4 bridgehead atoms. The van der Waals surface area contributed by atoms with Crippen molar-refractivity contribution >= 4 is 6.08 Å².